The normalized spacial score (nSPS) is 13.3. The molecular weight excluding hydrogens is 416 g/mol. The molecule has 8 heteroatoms. The van der Waals surface area contributed by atoms with Gasteiger partial charge in [-0.05, 0) is 48.6 Å². The van der Waals surface area contributed by atoms with Crippen molar-refractivity contribution < 1.29 is 9.53 Å². The summed E-state index contributed by atoms with van der Waals surface area (Å²) in [5, 5.41) is 19.2. The third-order valence-corrected chi connectivity index (χ3v) is 5.98. The number of ether oxygens (including phenoxy) is 1. The Morgan fingerprint density at radius 3 is 2.48 bits per heavy atom. The number of nitrogens with one attached hydrogen (secondary N) is 1. The molecule has 5 rings (SSSR count). The lowest BCUT2D eigenvalue weighted by Crippen LogP contribution is -2.11. The third kappa shape index (κ3) is 4.16. The van der Waals surface area contributed by atoms with E-state index >= 15 is 0 Å². The fraction of sp³-hybridized carbons (Fsp3) is 0.320. The van der Waals surface area contributed by atoms with Crippen molar-refractivity contribution in [3.63, 3.8) is 0 Å². The zero-order valence-corrected chi connectivity index (χ0v) is 18.8. The van der Waals surface area contributed by atoms with Crippen molar-refractivity contribution in [2.45, 2.75) is 45.6 Å². The van der Waals surface area contributed by atoms with E-state index in [2.05, 4.69) is 51.8 Å². The van der Waals surface area contributed by atoms with Gasteiger partial charge in [-0.3, -0.25) is 4.68 Å². The highest BCUT2D eigenvalue weighted by atomic mass is 16.5. The topological polar surface area (TPSA) is 98.6 Å². The highest BCUT2D eigenvalue weighted by Gasteiger charge is 2.34. The van der Waals surface area contributed by atoms with Crippen molar-refractivity contribution in [3.8, 4) is 22.5 Å². The van der Waals surface area contributed by atoms with E-state index in [-0.39, 0.29) is 5.97 Å². The molecular formula is C25H26N6O2. The van der Waals surface area contributed by atoms with Crippen LogP contribution in [0.5, 0.6) is 0 Å². The molecule has 8 nitrogen and oxygen atoms in total. The number of aromatic amines is 1. The minimum absolute atomic E-state index is 0.264. The molecule has 1 fully saturated rings. The molecule has 33 heavy (non-hydrogen) atoms. The van der Waals surface area contributed by atoms with Crippen LogP contribution in [0.15, 0.2) is 48.5 Å². The van der Waals surface area contributed by atoms with Crippen LogP contribution in [0.3, 0.4) is 0 Å². The Kier molecular flexibility index (Phi) is 5.73. The summed E-state index contributed by atoms with van der Waals surface area (Å²) in [5.41, 5.74) is 6.61. The lowest BCUT2D eigenvalue weighted by Gasteiger charge is -2.10. The summed E-state index contributed by atoms with van der Waals surface area (Å²) in [7, 11) is 0. The first-order chi connectivity index (χ1) is 16.2. The number of hydrogen-bond acceptors (Lipinski definition) is 6. The number of rotatable bonds is 8. The quantitative estimate of drug-likeness (QED) is 0.406. The van der Waals surface area contributed by atoms with Crippen molar-refractivity contribution in [3.05, 3.63) is 71.0 Å². The molecule has 0 spiro atoms. The molecule has 0 atom stereocenters. The summed E-state index contributed by atoms with van der Waals surface area (Å²) in [6.45, 7) is 4.96. The second kappa shape index (κ2) is 8.97. The molecule has 0 aliphatic heterocycles. The number of tetrazole rings is 1. The first kappa shape index (κ1) is 21.1. The van der Waals surface area contributed by atoms with E-state index in [9.17, 15) is 4.79 Å². The Morgan fingerprint density at radius 2 is 1.85 bits per heavy atom. The Morgan fingerprint density at radius 1 is 1.09 bits per heavy atom. The number of aromatic nitrogens is 6. The average molecular weight is 443 g/mol. The van der Waals surface area contributed by atoms with Crippen LogP contribution in [-0.2, 0) is 17.7 Å². The van der Waals surface area contributed by atoms with Gasteiger partial charge in [0, 0.05) is 24.4 Å². The number of carbonyl (C=O) groups excluding carboxylic acids is 1. The molecule has 0 unspecified atom stereocenters. The van der Waals surface area contributed by atoms with Gasteiger partial charge in [0.05, 0.1) is 18.0 Å². The monoisotopic (exact) mass is 442 g/mol. The maximum Gasteiger partial charge on any atom is 0.341 e. The van der Waals surface area contributed by atoms with E-state index in [1.165, 1.54) is 0 Å². The van der Waals surface area contributed by atoms with Crippen LogP contribution in [0.4, 0.5) is 0 Å². The zero-order valence-electron chi connectivity index (χ0n) is 18.8. The van der Waals surface area contributed by atoms with E-state index < -0.39 is 0 Å². The molecule has 1 N–H and O–H groups in total. The Hall–Kier alpha value is -3.81. The van der Waals surface area contributed by atoms with Gasteiger partial charge in [0.15, 0.2) is 0 Å². The van der Waals surface area contributed by atoms with Gasteiger partial charge in [-0.25, -0.2) is 4.79 Å². The maximum atomic E-state index is 12.8. The van der Waals surface area contributed by atoms with Crippen molar-refractivity contribution in [1.29, 1.82) is 0 Å². The molecule has 4 aromatic rings. The van der Waals surface area contributed by atoms with Crippen molar-refractivity contribution >= 4 is 5.97 Å². The van der Waals surface area contributed by atoms with E-state index in [1.54, 1.807) is 0 Å². The van der Waals surface area contributed by atoms with Gasteiger partial charge in [0.1, 0.15) is 5.56 Å². The number of H-pyrrole nitrogens is 1. The second-order valence-corrected chi connectivity index (χ2v) is 8.17. The molecule has 0 amide bonds. The molecule has 1 aliphatic rings. The maximum absolute atomic E-state index is 12.8. The third-order valence-electron chi connectivity index (χ3n) is 5.98. The first-order valence-electron chi connectivity index (χ1n) is 11.4. The minimum Gasteiger partial charge on any atom is -0.462 e. The van der Waals surface area contributed by atoms with Crippen molar-refractivity contribution in [2.24, 2.45) is 0 Å². The minimum atomic E-state index is -0.264. The predicted octanol–water partition coefficient (Wildman–Crippen LogP) is 4.40. The molecule has 1 aliphatic carbocycles. The summed E-state index contributed by atoms with van der Waals surface area (Å²) in [5.74, 6) is 0.674. The summed E-state index contributed by atoms with van der Waals surface area (Å²) < 4.78 is 7.35. The van der Waals surface area contributed by atoms with Crippen molar-refractivity contribution in [1.82, 2.24) is 30.4 Å². The van der Waals surface area contributed by atoms with Gasteiger partial charge in [-0.1, -0.05) is 48.5 Å². The predicted molar refractivity (Wildman–Crippen MR) is 124 cm³/mol. The van der Waals surface area contributed by atoms with Crippen molar-refractivity contribution in [2.75, 3.05) is 6.61 Å². The van der Waals surface area contributed by atoms with Crippen LogP contribution >= 0.6 is 0 Å². The van der Waals surface area contributed by atoms with E-state index in [0.717, 1.165) is 46.5 Å². The lowest BCUT2D eigenvalue weighted by molar-refractivity contribution is 0.0523. The van der Waals surface area contributed by atoms with Crippen LogP contribution in [0.2, 0.25) is 0 Å². The number of nitrogens with zero attached hydrogens (tertiary/aromatic N) is 5. The summed E-state index contributed by atoms with van der Waals surface area (Å²) in [6, 6.07) is 16.4. The Bertz CT molecular complexity index is 1260. The lowest BCUT2D eigenvalue weighted by atomic mass is 9.96. The molecule has 2 aromatic carbocycles. The molecule has 168 valence electrons. The number of esters is 1. The largest absolute Gasteiger partial charge is 0.462 e. The van der Waals surface area contributed by atoms with Gasteiger partial charge in [0.2, 0.25) is 5.82 Å². The van der Waals surface area contributed by atoms with E-state index in [1.807, 2.05) is 35.9 Å². The Balaban J connectivity index is 1.47. The van der Waals surface area contributed by atoms with Crippen LogP contribution in [0.25, 0.3) is 22.5 Å². The fourth-order valence-electron chi connectivity index (χ4n) is 4.23. The van der Waals surface area contributed by atoms with Crippen LogP contribution in [0.1, 0.15) is 59.9 Å². The molecule has 0 saturated heterocycles. The number of hydrogen-bond donors (Lipinski definition) is 1. The smallest absolute Gasteiger partial charge is 0.341 e. The summed E-state index contributed by atoms with van der Waals surface area (Å²) in [4.78, 5) is 12.8. The van der Waals surface area contributed by atoms with Crippen LogP contribution in [-0.4, -0.2) is 43.0 Å². The zero-order chi connectivity index (χ0) is 22.8. The molecule has 2 heterocycles. The molecule has 0 radical (unpaired) electrons. The molecule has 0 bridgehead atoms. The van der Waals surface area contributed by atoms with Gasteiger partial charge in [-0.2, -0.15) is 10.3 Å². The number of aryl methyl sites for hydroxylation is 1. The van der Waals surface area contributed by atoms with Gasteiger partial charge < -0.3 is 4.74 Å². The summed E-state index contributed by atoms with van der Waals surface area (Å²) >= 11 is 0. The van der Waals surface area contributed by atoms with E-state index in [4.69, 9.17) is 9.84 Å². The number of benzene rings is 2. The number of carbonyl (C=O) groups is 1. The summed E-state index contributed by atoms with van der Waals surface area (Å²) in [6.07, 6.45) is 2.79. The molecule has 2 aromatic heterocycles. The Labute approximate surface area is 192 Å². The molecule has 1 saturated carbocycles. The average Bonchev–Trinajstić information content (AvgIpc) is 3.41. The SMILES string of the molecule is CCOC(=O)c1c(C2CC2)nn(CC)c1Cc1ccc(-c2ccccc2-c2nn[nH]n2)cc1. The second-order valence-electron chi connectivity index (χ2n) is 8.17. The highest BCUT2D eigenvalue weighted by molar-refractivity contribution is 5.92. The van der Waals surface area contributed by atoms with Gasteiger partial charge in [-0.15, -0.1) is 10.2 Å². The van der Waals surface area contributed by atoms with Gasteiger partial charge >= 0.3 is 5.97 Å². The first-order valence-corrected chi connectivity index (χ1v) is 11.4. The highest BCUT2D eigenvalue weighted by Crippen LogP contribution is 2.42. The van der Waals surface area contributed by atoms with Crippen LogP contribution < -0.4 is 0 Å². The fourth-order valence-corrected chi connectivity index (χ4v) is 4.23. The van der Waals surface area contributed by atoms with E-state index in [0.29, 0.717) is 36.9 Å². The van der Waals surface area contributed by atoms with Crippen LogP contribution in [0, 0.1) is 0 Å². The standard InChI is InChI=1S/C25H26N6O2/c1-3-31-21(22(25(32)33-4-2)23(28-31)18-13-14-18)15-16-9-11-17(12-10-16)19-7-5-6-8-20(19)24-26-29-30-27-24/h5-12,18H,3-4,13-15H2,1-2H3,(H,26,27,29,30). The van der Waals surface area contributed by atoms with Gasteiger partial charge in [0.25, 0.3) is 0 Å².